The fourth-order valence-electron chi connectivity index (χ4n) is 4.18. The Balaban J connectivity index is 1.75. The Labute approximate surface area is 172 Å². The molecule has 28 heavy (non-hydrogen) atoms. The molecule has 1 aliphatic carbocycles. The molecule has 2 aliphatic rings. The number of nitrogens with zero attached hydrogens (tertiary/aromatic N) is 2. The second-order valence-electron chi connectivity index (χ2n) is 7.76. The van der Waals surface area contributed by atoms with E-state index in [-0.39, 0.29) is 18.0 Å². The molecule has 5 nitrogen and oxygen atoms in total. The molecule has 0 aromatic heterocycles. The lowest BCUT2D eigenvalue weighted by atomic mass is 9.93. The minimum absolute atomic E-state index is 0.167. The molecule has 156 valence electrons. The smallest absolute Gasteiger partial charge is 0.191 e. The Kier molecular flexibility index (Phi) is 7.94. The van der Waals surface area contributed by atoms with Crippen molar-refractivity contribution < 1.29 is 9.50 Å². The molecule has 7 heteroatoms. The molecule has 1 aliphatic heterocycles. The summed E-state index contributed by atoms with van der Waals surface area (Å²) in [7, 11) is 0. The Hall–Kier alpha value is -1.37. The Morgan fingerprint density at radius 3 is 2.64 bits per heavy atom. The van der Waals surface area contributed by atoms with E-state index < -0.39 is 0 Å². The molecule has 1 unspecified atom stereocenters. The van der Waals surface area contributed by atoms with Gasteiger partial charge in [0, 0.05) is 23.2 Å². The summed E-state index contributed by atoms with van der Waals surface area (Å²) in [6.07, 6.45) is 5.56. The number of aliphatic hydroxyl groups excluding tert-OH is 1. The van der Waals surface area contributed by atoms with Crippen molar-refractivity contribution in [1.82, 2.24) is 15.5 Å². The van der Waals surface area contributed by atoms with E-state index in [1.54, 1.807) is 12.1 Å². The van der Waals surface area contributed by atoms with Crippen LogP contribution < -0.4 is 10.6 Å². The van der Waals surface area contributed by atoms with E-state index in [0.717, 1.165) is 64.1 Å². The van der Waals surface area contributed by atoms with E-state index in [2.05, 4.69) is 15.5 Å². The Bertz CT molecular complexity index is 638. The van der Waals surface area contributed by atoms with Gasteiger partial charge >= 0.3 is 0 Å². The lowest BCUT2D eigenvalue weighted by Gasteiger charge is -2.29. The van der Waals surface area contributed by atoms with Crippen LogP contribution in [0.3, 0.4) is 0 Å². The number of hydrogen-bond acceptors (Lipinski definition) is 3. The van der Waals surface area contributed by atoms with Crippen LogP contribution in [0.15, 0.2) is 23.2 Å². The fourth-order valence-corrected chi connectivity index (χ4v) is 4.47. The van der Waals surface area contributed by atoms with Gasteiger partial charge in [0.15, 0.2) is 5.96 Å². The average Bonchev–Trinajstić information content (AvgIpc) is 3.20. The van der Waals surface area contributed by atoms with Crippen LogP contribution in [-0.4, -0.2) is 54.3 Å². The van der Waals surface area contributed by atoms with Gasteiger partial charge in [-0.1, -0.05) is 17.7 Å². The fraction of sp³-hybridized carbons (Fsp3) is 0.667. The lowest BCUT2D eigenvalue weighted by molar-refractivity contribution is 0.120. The van der Waals surface area contributed by atoms with Crippen LogP contribution in [-0.2, 0) is 0 Å². The van der Waals surface area contributed by atoms with Crippen molar-refractivity contribution in [2.24, 2.45) is 4.99 Å². The predicted molar refractivity (Wildman–Crippen MR) is 112 cm³/mol. The Morgan fingerprint density at radius 2 is 2.00 bits per heavy atom. The van der Waals surface area contributed by atoms with E-state index in [1.165, 1.54) is 6.07 Å². The summed E-state index contributed by atoms with van der Waals surface area (Å²) >= 11 is 6.38. The zero-order valence-electron chi connectivity index (χ0n) is 16.6. The minimum Gasteiger partial charge on any atom is -0.393 e. The second-order valence-corrected chi connectivity index (χ2v) is 8.17. The van der Waals surface area contributed by atoms with Crippen molar-refractivity contribution in [2.75, 3.05) is 26.2 Å². The molecule has 0 spiro atoms. The van der Waals surface area contributed by atoms with Gasteiger partial charge in [-0.3, -0.25) is 9.89 Å². The number of aliphatic imine (C=N–C) groups is 1. The molecule has 3 N–H and O–H groups in total. The van der Waals surface area contributed by atoms with E-state index in [1.807, 2.05) is 6.92 Å². The number of aliphatic hydroxyl groups is 1. The first kappa shape index (κ1) is 21.3. The van der Waals surface area contributed by atoms with Crippen LogP contribution in [0.25, 0.3) is 0 Å². The highest BCUT2D eigenvalue weighted by molar-refractivity contribution is 6.31. The third kappa shape index (κ3) is 5.58. The second kappa shape index (κ2) is 10.4. The monoisotopic (exact) mass is 410 g/mol. The first-order chi connectivity index (χ1) is 13.6. The highest BCUT2D eigenvalue weighted by Gasteiger charge is 2.28. The van der Waals surface area contributed by atoms with Crippen molar-refractivity contribution in [3.63, 3.8) is 0 Å². The molecule has 0 amide bonds. The summed E-state index contributed by atoms with van der Waals surface area (Å²) < 4.78 is 14.6. The van der Waals surface area contributed by atoms with Crippen LogP contribution in [0.1, 0.15) is 57.1 Å². The molecule has 1 saturated carbocycles. The van der Waals surface area contributed by atoms with E-state index >= 15 is 0 Å². The van der Waals surface area contributed by atoms with Crippen LogP contribution >= 0.6 is 11.6 Å². The molecule has 1 saturated heterocycles. The van der Waals surface area contributed by atoms with Gasteiger partial charge in [0.1, 0.15) is 5.82 Å². The quantitative estimate of drug-likeness (QED) is 0.496. The molecule has 2 fully saturated rings. The van der Waals surface area contributed by atoms with Gasteiger partial charge in [0.05, 0.1) is 18.7 Å². The summed E-state index contributed by atoms with van der Waals surface area (Å²) in [5.74, 6) is 0.486. The first-order valence-electron chi connectivity index (χ1n) is 10.5. The molecule has 1 aromatic carbocycles. The largest absolute Gasteiger partial charge is 0.393 e. The highest BCUT2D eigenvalue weighted by atomic mass is 35.5. The predicted octanol–water partition coefficient (Wildman–Crippen LogP) is 3.47. The average molecular weight is 411 g/mol. The summed E-state index contributed by atoms with van der Waals surface area (Å²) in [6, 6.07) is 5.02. The number of rotatable bonds is 6. The maximum Gasteiger partial charge on any atom is 0.191 e. The number of guanidine groups is 1. The van der Waals surface area contributed by atoms with Gasteiger partial charge in [0.2, 0.25) is 0 Å². The summed E-state index contributed by atoms with van der Waals surface area (Å²) in [6.45, 7) is 5.12. The molecule has 0 radical (unpaired) electrons. The molecular weight excluding hydrogens is 379 g/mol. The van der Waals surface area contributed by atoms with Crippen molar-refractivity contribution in [2.45, 2.75) is 63.6 Å². The van der Waals surface area contributed by atoms with Crippen molar-refractivity contribution in [3.05, 3.63) is 34.6 Å². The normalized spacial score (nSPS) is 24.9. The van der Waals surface area contributed by atoms with Gasteiger partial charge in [-0.15, -0.1) is 0 Å². The number of halogens is 2. The van der Waals surface area contributed by atoms with Crippen LogP contribution in [0, 0.1) is 5.82 Å². The van der Waals surface area contributed by atoms with Gasteiger partial charge in [-0.2, -0.15) is 0 Å². The summed E-state index contributed by atoms with van der Waals surface area (Å²) in [4.78, 5) is 7.08. The van der Waals surface area contributed by atoms with Gasteiger partial charge < -0.3 is 15.7 Å². The summed E-state index contributed by atoms with van der Waals surface area (Å²) in [5, 5.41) is 17.0. The van der Waals surface area contributed by atoms with E-state index in [9.17, 15) is 9.50 Å². The number of nitrogens with one attached hydrogen (secondary N) is 2. The number of likely N-dealkylation sites (tertiary alicyclic amines) is 1. The maximum atomic E-state index is 14.6. The van der Waals surface area contributed by atoms with Crippen LogP contribution in [0.2, 0.25) is 5.02 Å². The van der Waals surface area contributed by atoms with Crippen molar-refractivity contribution >= 4 is 17.6 Å². The topological polar surface area (TPSA) is 59.9 Å². The Morgan fingerprint density at radius 1 is 1.29 bits per heavy atom. The third-order valence-electron chi connectivity index (χ3n) is 5.72. The number of hydrogen-bond donors (Lipinski definition) is 3. The van der Waals surface area contributed by atoms with E-state index in [0.29, 0.717) is 23.2 Å². The zero-order valence-corrected chi connectivity index (χ0v) is 17.4. The SMILES string of the molecule is CCNC(=NCC(c1c(F)cccc1Cl)N1CCCC1)NC1CCC(O)CC1. The van der Waals surface area contributed by atoms with Gasteiger partial charge in [0.25, 0.3) is 0 Å². The minimum atomic E-state index is -0.265. The standard InChI is InChI=1S/C21H32ClFN4O/c1-2-24-21(26-15-8-10-16(28)11-9-15)25-14-19(27-12-3-4-13-27)20-17(22)6-5-7-18(20)23/h5-7,15-16,19,28H,2-4,8-14H2,1H3,(H2,24,25,26). The summed E-state index contributed by atoms with van der Waals surface area (Å²) in [5.41, 5.74) is 0.548. The molecular formula is C21H32ClFN4O. The highest BCUT2D eigenvalue weighted by Crippen LogP contribution is 2.32. The number of benzene rings is 1. The molecule has 1 heterocycles. The van der Waals surface area contributed by atoms with Gasteiger partial charge in [-0.25, -0.2) is 4.39 Å². The van der Waals surface area contributed by atoms with E-state index in [4.69, 9.17) is 16.6 Å². The van der Waals surface area contributed by atoms with Crippen molar-refractivity contribution in [1.29, 1.82) is 0 Å². The zero-order chi connectivity index (χ0) is 19.9. The van der Waals surface area contributed by atoms with Crippen molar-refractivity contribution in [3.8, 4) is 0 Å². The molecule has 1 aromatic rings. The lowest BCUT2D eigenvalue weighted by Crippen LogP contribution is -2.45. The maximum absolute atomic E-state index is 14.6. The first-order valence-corrected chi connectivity index (χ1v) is 10.9. The molecule has 1 atom stereocenters. The van der Waals surface area contributed by atoms with Gasteiger partial charge in [-0.05, 0) is 70.7 Å². The third-order valence-corrected chi connectivity index (χ3v) is 6.05. The molecule has 3 rings (SSSR count). The van der Waals surface area contributed by atoms with Crippen LogP contribution in [0.5, 0.6) is 0 Å². The molecule has 0 bridgehead atoms. The van der Waals surface area contributed by atoms with Crippen LogP contribution in [0.4, 0.5) is 4.39 Å².